The number of piperazine rings is 1. The zero-order valence-corrected chi connectivity index (χ0v) is 15.0. The molecule has 1 aliphatic rings. The lowest BCUT2D eigenvalue weighted by Gasteiger charge is -2.37. The van der Waals surface area contributed by atoms with Crippen LogP contribution in [-0.4, -0.2) is 49.3 Å². The number of hydrogen-bond acceptors (Lipinski definition) is 5. The number of aliphatic hydroxyl groups excluding tert-OH is 1. The van der Waals surface area contributed by atoms with Gasteiger partial charge in [-0.2, -0.15) is 0 Å². The van der Waals surface area contributed by atoms with Gasteiger partial charge in [-0.25, -0.2) is 0 Å². The molecule has 1 aliphatic heterocycles. The maximum Gasteiger partial charge on any atom is 0.133 e. The smallest absolute Gasteiger partial charge is 0.133 e. The van der Waals surface area contributed by atoms with Gasteiger partial charge in [0, 0.05) is 45.0 Å². The monoisotopic (exact) mass is 343 g/mol. The van der Waals surface area contributed by atoms with Crippen molar-refractivity contribution in [3.8, 4) is 0 Å². The summed E-state index contributed by atoms with van der Waals surface area (Å²) in [5.41, 5.74) is 2.58. The van der Waals surface area contributed by atoms with Gasteiger partial charge in [0.1, 0.15) is 11.9 Å². The van der Waals surface area contributed by atoms with Gasteiger partial charge < -0.3 is 19.7 Å². The summed E-state index contributed by atoms with van der Waals surface area (Å²) in [6, 6.07) is 12.2. The van der Waals surface area contributed by atoms with E-state index in [0.717, 1.165) is 32.7 Å². The van der Waals surface area contributed by atoms with Gasteiger partial charge in [0.05, 0.1) is 6.26 Å². The fourth-order valence-corrected chi connectivity index (χ4v) is 3.42. The van der Waals surface area contributed by atoms with Crippen LogP contribution in [0, 0.1) is 0 Å². The maximum absolute atomic E-state index is 10.1. The first-order chi connectivity index (χ1) is 12.3. The molecule has 0 radical (unpaired) electrons. The number of nitrogens with one attached hydrogen (secondary N) is 1. The van der Waals surface area contributed by atoms with Gasteiger partial charge in [0.15, 0.2) is 0 Å². The fraction of sp³-hybridized carbons (Fsp3) is 0.500. The normalized spacial score (nSPS) is 17.0. The molecule has 5 heteroatoms. The lowest BCUT2D eigenvalue weighted by molar-refractivity contribution is 0.147. The van der Waals surface area contributed by atoms with Crippen LogP contribution < -0.4 is 10.2 Å². The summed E-state index contributed by atoms with van der Waals surface area (Å²) in [5, 5.41) is 13.5. The molecule has 25 heavy (non-hydrogen) atoms. The summed E-state index contributed by atoms with van der Waals surface area (Å²) in [4.78, 5) is 5.02. The molecule has 0 saturated carbocycles. The van der Waals surface area contributed by atoms with Crippen LogP contribution in [-0.2, 0) is 6.54 Å². The lowest BCUT2D eigenvalue weighted by atomic mass is 10.1. The Labute approximate surface area is 150 Å². The Bertz CT molecular complexity index is 622. The summed E-state index contributed by atoms with van der Waals surface area (Å²) >= 11 is 0. The van der Waals surface area contributed by atoms with Crippen LogP contribution in [0.4, 0.5) is 5.69 Å². The molecule has 136 valence electrons. The van der Waals surface area contributed by atoms with Crippen LogP contribution in [0.1, 0.15) is 30.8 Å². The van der Waals surface area contributed by atoms with E-state index in [1.165, 1.54) is 24.2 Å². The van der Waals surface area contributed by atoms with Gasteiger partial charge >= 0.3 is 0 Å². The average molecular weight is 343 g/mol. The van der Waals surface area contributed by atoms with Crippen molar-refractivity contribution in [1.29, 1.82) is 0 Å². The van der Waals surface area contributed by atoms with Crippen LogP contribution in [0.5, 0.6) is 0 Å². The molecule has 0 aliphatic carbocycles. The first-order valence-electron chi connectivity index (χ1n) is 9.25. The molecule has 1 saturated heterocycles. The van der Waals surface area contributed by atoms with Crippen molar-refractivity contribution in [2.24, 2.45) is 0 Å². The van der Waals surface area contributed by atoms with Gasteiger partial charge in [-0.1, -0.05) is 25.1 Å². The predicted octanol–water partition coefficient (Wildman–Crippen LogP) is 2.63. The molecule has 0 spiro atoms. The van der Waals surface area contributed by atoms with E-state index >= 15 is 0 Å². The molecule has 1 atom stereocenters. The fourth-order valence-electron chi connectivity index (χ4n) is 3.42. The number of aliphatic hydroxyl groups is 1. The molecular weight excluding hydrogens is 314 g/mol. The molecule has 5 nitrogen and oxygen atoms in total. The zero-order valence-electron chi connectivity index (χ0n) is 15.0. The van der Waals surface area contributed by atoms with Crippen molar-refractivity contribution in [1.82, 2.24) is 10.2 Å². The number of nitrogens with zero attached hydrogens (tertiary/aromatic N) is 2. The number of anilines is 1. The number of benzene rings is 1. The summed E-state index contributed by atoms with van der Waals surface area (Å²) in [5.74, 6) is 0.604. The Balaban J connectivity index is 1.54. The van der Waals surface area contributed by atoms with Crippen molar-refractivity contribution in [3.05, 3.63) is 54.0 Å². The van der Waals surface area contributed by atoms with Crippen LogP contribution >= 0.6 is 0 Å². The Kier molecular flexibility index (Phi) is 6.50. The van der Waals surface area contributed by atoms with Crippen LogP contribution in [0.3, 0.4) is 0 Å². The Morgan fingerprint density at radius 3 is 2.64 bits per heavy atom. The van der Waals surface area contributed by atoms with E-state index in [4.69, 9.17) is 4.42 Å². The van der Waals surface area contributed by atoms with Crippen LogP contribution in [0.15, 0.2) is 47.1 Å². The molecule has 0 amide bonds. The number of rotatable bonds is 8. The van der Waals surface area contributed by atoms with Gasteiger partial charge in [-0.3, -0.25) is 4.90 Å². The van der Waals surface area contributed by atoms with E-state index in [0.29, 0.717) is 12.3 Å². The second-order valence-electron chi connectivity index (χ2n) is 6.62. The highest BCUT2D eigenvalue weighted by atomic mass is 16.4. The van der Waals surface area contributed by atoms with E-state index in [1.54, 1.807) is 18.4 Å². The van der Waals surface area contributed by atoms with Crippen LogP contribution in [0.25, 0.3) is 0 Å². The number of hydrogen-bond donors (Lipinski definition) is 2. The topological polar surface area (TPSA) is 51.9 Å². The average Bonchev–Trinajstić information content (AvgIpc) is 3.18. The molecule has 2 aromatic rings. The van der Waals surface area contributed by atoms with E-state index in [2.05, 4.69) is 46.3 Å². The highest BCUT2D eigenvalue weighted by Gasteiger charge is 2.18. The first-order valence-corrected chi connectivity index (χ1v) is 9.25. The molecule has 3 rings (SSSR count). The van der Waals surface area contributed by atoms with Crippen molar-refractivity contribution in [2.45, 2.75) is 26.0 Å². The second kappa shape index (κ2) is 9.04. The minimum atomic E-state index is -0.611. The van der Waals surface area contributed by atoms with E-state index in [1.807, 2.05) is 0 Å². The third-order valence-corrected chi connectivity index (χ3v) is 4.77. The van der Waals surface area contributed by atoms with Gasteiger partial charge in [-0.15, -0.1) is 0 Å². The third-order valence-electron chi connectivity index (χ3n) is 4.77. The van der Waals surface area contributed by atoms with Crippen molar-refractivity contribution in [3.63, 3.8) is 0 Å². The minimum Gasteiger partial charge on any atom is -0.467 e. The summed E-state index contributed by atoms with van der Waals surface area (Å²) in [6.45, 7) is 9.07. The minimum absolute atomic E-state index is 0.478. The Hall–Kier alpha value is -1.82. The van der Waals surface area contributed by atoms with Crippen molar-refractivity contribution >= 4 is 5.69 Å². The molecule has 1 aromatic heterocycles. The van der Waals surface area contributed by atoms with E-state index in [-0.39, 0.29) is 0 Å². The molecule has 2 heterocycles. The maximum atomic E-state index is 10.1. The zero-order chi connectivity index (χ0) is 17.5. The lowest BCUT2D eigenvalue weighted by Crippen LogP contribution is -2.46. The van der Waals surface area contributed by atoms with Crippen molar-refractivity contribution < 1.29 is 9.52 Å². The quantitative estimate of drug-likeness (QED) is 0.772. The molecule has 2 N–H and O–H groups in total. The Morgan fingerprint density at radius 1 is 1.12 bits per heavy atom. The summed E-state index contributed by atoms with van der Waals surface area (Å²) in [6.07, 6.45) is 2.20. The molecule has 1 fully saturated rings. The molecule has 1 aromatic carbocycles. The van der Waals surface area contributed by atoms with Gasteiger partial charge in [-0.05, 0) is 36.7 Å². The second-order valence-corrected chi connectivity index (χ2v) is 6.62. The highest BCUT2D eigenvalue weighted by Crippen LogP contribution is 2.22. The van der Waals surface area contributed by atoms with Gasteiger partial charge in [0.2, 0.25) is 0 Å². The van der Waals surface area contributed by atoms with E-state index < -0.39 is 6.10 Å². The Morgan fingerprint density at radius 2 is 1.92 bits per heavy atom. The number of para-hydroxylation sites is 1. The standard InChI is InChI=1S/C20H29N3O2/c1-2-9-22-10-12-23(13-11-22)18-7-4-3-6-17(18)15-21-16-19(24)20-8-5-14-25-20/h3-8,14,19,21,24H,2,9-13,15-16H2,1H3. The van der Waals surface area contributed by atoms with Crippen LogP contribution in [0.2, 0.25) is 0 Å². The SMILES string of the molecule is CCCN1CCN(c2ccccc2CNCC(O)c2ccco2)CC1. The largest absolute Gasteiger partial charge is 0.467 e. The molecule has 0 bridgehead atoms. The highest BCUT2D eigenvalue weighted by molar-refractivity contribution is 5.54. The number of furan rings is 1. The summed E-state index contributed by atoms with van der Waals surface area (Å²) in [7, 11) is 0. The summed E-state index contributed by atoms with van der Waals surface area (Å²) < 4.78 is 5.24. The van der Waals surface area contributed by atoms with Gasteiger partial charge in [0.25, 0.3) is 0 Å². The molecule has 1 unspecified atom stereocenters. The van der Waals surface area contributed by atoms with Crippen molar-refractivity contribution in [2.75, 3.05) is 44.2 Å². The third kappa shape index (κ3) is 4.84. The van der Waals surface area contributed by atoms with E-state index in [9.17, 15) is 5.11 Å². The molecular formula is C20H29N3O2. The first kappa shape index (κ1) is 18.0. The predicted molar refractivity (Wildman–Crippen MR) is 101 cm³/mol.